The Morgan fingerprint density at radius 2 is 1.88 bits per heavy atom. The highest BCUT2D eigenvalue weighted by atomic mass is 32.2. The summed E-state index contributed by atoms with van der Waals surface area (Å²) in [7, 11) is -3.37. The molecule has 7 nitrogen and oxygen atoms in total. The number of carbonyl (C=O) groups excluding carboxylic acids is 2. The first-order valence-corrected chi connectivity index (χ1v) is 12.9. The Morgan fingerprint density at radius 1 is 1.18 bits per heavy atom. The molecule has 0 radical (unpaired) electrons. The van der Waals surface area contributed by atoms with Crippen LogP contribution in [0.3, 0.4) is 0 Å². The first kappa shape index (κ1) is 23.9. The first-order valence-electron chi connectivity index (χ1n) is 11.1. The van der Waals surface area contributed by atoms with Crippen molar-refractivity contribution in [3.8, 4) is 5.75 Å². The Bertz CT molecular complexity index is 1250. The molecule has 9 heteroatoms. The molecule has 2 heterocycles. The van der Waals surface area contributed by atoms with Crippen LogP contribution in [-0.4, -0.2) is 54.3 Å². The van der Waals surface area contributed by atoms with E-state index in [1.165, 1.54) is 23.1 Å². The van der Waals surface area contributed by atoms with Crippen molar-refractivity contribution in [3.63, 3.8) is 0 Å². The van der Waals surface area contributed by atoms with Crippen molar-refractivity contribution in [1.82, 2.24) is 4.90 Å². The largest absolute Gasteiger partial charge is 0.507 e. The van der Waals surface area contributed by atoms with Gasteiger partial charge < -0.3 is 14.7 Å². The van der Waals surface area contributed by atoms with E-state index >= 15 is 0 Å². The van der Waals surface area contributed by atoms with Gasteiger partial charge in [0.05, 0.1) is 29.7 Å². The predicted octanol–water partition coefficient (Wildman–Crippen LogP) is 3.47. The Balaban J connectivity index is 1.78. The fraction of sp³-hybridized carbons (Fsp3) is 0.360. The number of ketones is 1. The average molecular weight is 488 g/mol. The lowest BCUT2D eigenvalue weighted by atomic mass is 9.94. The van der Waals surface area contributed by atoms with Crippen molar-refractivity contribution in [1.29, 1.82) is 0 Å². The number of benzene rings is 2. The van der Waals surface area contributed by atoms with Crippen molar-refractivity contribution in [2.75, 3.05) is 18.1 Å². The lowest BCUT2D eigenvalue weighted by Crippen LogP contribution is -2.40. The van der Waals surface area contributed by atoms with Gasteiger partial charge in [0.2, 0.25) is 0 Å². The van der Waals surface area contributed by atoms with Crippen LogP contribution >= 0.6 is 0 Å². The van der Waals surface area contributed by atoms with E-state index in [0.717, 1.165) is 0 Å². The van der Waals surface area contributed by atoms with Gasteiger partial charge in [-0.1, -0.05) is 26.0 Å². The minimum atomic E-state index is -3.37. The first-order chi connectivity index (χ1) is 16.1. The molecule has 1 N–H and O–H groups in total. The van der Waals surface area contributed by atoms with E-state index in [1.807, 2.05) is 13.8 Å². The normalized spacial score (nSPS) is 23.6. The molecule has 2 atom stereocenters. The number of aliphatic hydroxyl groups excluding tert-OH is 1. The number of amides is 1. The van der Waals surface area contributed by atoms with Crippen LogP contribution in [0.5, 0.6) is 5.75 Å². The summed E-state index contributed by atoms with van der Waals surface area (Å²) < 4.78 is 43.9. The molecule has 0 saturated carbocycles. The third-order valence-electron chi connectivity index (χ3n) is 5.96. The molecule has 2 aromatic carbocycles. The summed E-state index contributed by atoms with van der Waals surface area (Å²) in [6.45, 7) is 4.54. The van der Waals surface area contributed by atoms with Crippen LogP contribution in [0.25, 0.3) is 5.76 Å². The third-order valence-corrected chi connectivity index (χ3v) is 7.71. The van der Waals surface area contributed by atoms with Gasteiger partial charge in [0.15, 0.2) is 9.84 Å². The second-order valence-corrected chi connectivity index (χ2v) is 11.3. The van der Waals surface area contributed by atoms with Crippen molar-refractivity contribution in [2.45, 2.75) is 32.4 Å². The Morgan fingerprint density at radius 3 is 2.47 bits per heavy atom. The minimum Gasteiger partial charge on any atom is -0.507 e. The van der Waals surface area contributed by atoms with Gasteiger partial charge in [-0.05, 0) is 54.3 Å². The highest BCUT2D eigenvalue weighted by Crippen LogP contribution is 2.42. The number of aliphatic hydroxyl groups is 1. The lowest BCUT2D eigenvalue weighted by molar-refractivity contribution is -0.141. The third kappa shape index (κ3) is 4.70. The summed E-state index contributed by atoms with van der Waals surface area (Å²) in [4.78, 5) is 27.3. The standard InChI is InChI=1S/C25H26FNO6S/c1-15(2)13-33-20-8-6-16(7-9-20)23(28)21-22(17-4-3-5-18(26)12-17)27(25(30)24(21)29)19-10-11-34(31,32)14-19/h3-9,12,15,19,22,28H,10-11,13-14H2,1-2H3/b23-21+. The molecule has 4 rings (SSSR count). The fourth-order valence-electron chi connectivity index (χ4n) is 4.35. The van der Waals surface area contributed by atoms with Gasteiger partial charge in [-0.3, -0.25) is 9.59 Å². The molecule has 0 aromatic heterocycles. The quantitative estimate of drug-likeness (QED) is 0.380. The fourth-order valence-corrected chi connectivity index (χ4v) is 6.06. The summed E-state index contributed by atoms with van der Waals surface area (Å²) in [6, 6.07) is 9.99. The number of hydrogen-bond acceptors (Lipinski definition) is 6. The van der Waals surface area contributed by atoms with E-state index in [0.29, 0.717) is 18.3 Å². The van der Waals surface area contributed by atoms with Crippen LogP contribution in [0.4, 0.5) is 4.39 Å². The highest BCUT2D eigenvalue weighted by molar-refractivity contribution is 7.91. The van der Waals surface area contributed by atoms with Crippen LogP contribution in [0, 0.1) is 11.7 Å². The second kappa shape index (κ2) is 9.21. The van der Waals surface area contributed by atoms with Gasteiger partial charge in [-0.25, -0.2) is 12.8 Å². The van der Waals surface area contributed by atoms with E-state index in [9.17, 15) is 27.5 Å². The van der Waals surface area contributed by atoms with Crippen molar-refractivity contribution < 1.29 is 32.2 Å². The number of rotatable bonds is 6. The number of carbonyl (C=O) groups is 2. The van der Waals surface area contributed by atoms with Crippen LogP contribution in [-0.2, 0) is 19.4 Å². The number of Topliss-reactive ketones (excluding diaryl/α,β-unsaturated/α-hetero) is 1. The molecule has 34 heavy (non-hydrogen) atoms. The van der Waals surface area contributed by atoms with Crippen LogP contribution in [0.1, 0.15) is 37.4 Å². The zero-order valence-corrected chi connectivity index (χ0v) is 19.7. The molecular weight excluding hydrogens is 461 g/mol. The molecule has 2 unspecified atom stereocenters. The van der Waals surface area contributed by atoms with Crippen molar-refractivity contribution in [2.24, 2.45) is 5.92 Å². The molecule has 2 aliphatic heterocycles. The zero-order valence-electron chi connectivity index (χ0n) is 18.9. The topological polar surface area (TPSA) is 101 Å². The van der Waals surface area contributed by atoms with Crippen LogP contribution in [0.2, 0.25) is 0 Å². The number of nitrogens with zero attached hydrogens (tertiary/aromatic N) is 1. The molecule has 180 valence electrons. The van der Waals surface area contributed by atoms with Crippen LogP contribution < -0.4 is 4.74 Å². The highest BCUT2D eigenvalue weighted by Gasteiger charge is 2.51. The van der Waals surface area contributed by atoms with Gasteiger partial charge in [-0.15, -0.1) is 0 Å². The van der Waals surface area contributed by atoms with E-state index in [1.54, 1.807) is 30.3 Å². The number of halogens is 1. The lowest BCUT2D eigenvalue weighted by Gasteiger charge is -2.30. The van der Waals surface area contributed by atoms with E-state index in [2.05, 4.69) is 0 Å². The smallest absolute Gasteiger partial charge is 0.295 e. The molecule has 2 fully saturated rings. The second-order valence-electron chi connectivity index (χ2n) is 9.05. The van der Waals surface area contributed by atoms with Gasteiger partial charge in [0.25, 0.3) is 11.7 Å². The van der Waals surface area contributed by atoms with E-state index < -0.39 is 45.2 Å². The maximum Gasteiger partial charge on any atom is 0.295 e. The molecule has 2 saturated heterocycles. The monoisotopic (exact) mass is 487 g/mol. The summed E-state index contributed by atoms with van der Waals surface area (Å²) in [5.41, 5.74) is 0.369. The molecule has 0 aliphatic carbocycles. The number of hydrogen-bond donors (Lipinski definition) is 1. The maximum absolute atomic E-state index is 14.1. The minimum absolute atomic E-state index is 0.103. The predicted molar refractivity (Wildman–Crippen MR) is 124 cm³/mol. The Labute approximate surface area is 197 Å². The van der Waals surface area contributed by atoms with E-state index in [4.69, 9.17) is 4.74 Å². The SMILES string of the molecule is CC(C)COc1ccc(/C(O)=C2\C(=O)C(=O)N(C3CCS(=O)(=O)C3)C2c2cccc(F)c2)cc1. The molecule has 0 bridgehead atoms. The summed E-state index contributed by atoms with van der Waals surface area (Å²) in [6.07, 6.45) is 0.170. The molecule has 0 spiro atoms. The zero-order chi connectivity index (χ0) is 24.6. The summed E-state index contributed by atoms with van der Waals surface area (Å²) in [5.74, 6) is -2.30. The van der Waals surface area contributed by atoms with Gasteiger partial charge in [-0.2, -0.15) is 0 Å². The maximum atomic E-state index is 14.1. The van der Waals surface area contributed by atoms with Crippen molar-refractivity contribution in [3.05, 3.63) is 71.0 Å². The number of likely N-dealkylation sites (tertiary alicyclic amines) is 1. The average Bonchev–Trinajstić information content (AvgIpc) is 3.28. The summed E-state index contributed by atoms with van der Waals surface area (Å²) >= 11 is 0. The Kier molecular flexibility index (Phi) is 6.49. The van der Waals surface area contributed by atoms with Crippen molar-refractivity contribution >= 4 is 27.3 Å². The Hall–Kier alpha value is -3.20. The molecular formula is C25H26FNO6S. The van der Waals surface area contributed by atoms with Gasteiger partial charge >= 0.3 is 0 Å². The molecule has 1 amide bonds. The van der Waals surface area contributed by atoms with Gasteiger partial charge in [0, 0.05) is 11.6 Å². The number of sulfone groups is 1. The summed E-state index contributed by atoms with van der Waals surface area (Å²) in [5, 5.41) is 11.1. The molecule has 2 aromatic rings. The van der Waals surface area contributed by atoms with E-state index in [-0.39, 0.29) is 34.6 Å². The van der Waals surface area contributed by atoms with Gasteiger partial charge in [0.1, 0.15) is 17.3 Å². The van der Waals surface area contributed by atoms with Crippen LogP contribution in [0.15, 0.2) is 54.1 Å². The number of ether oxygens (including phenoxy) is 1. The molecule has 2 aliphatic rings.